The maximum Gasteiger partial charge on any atom is 0.417 e. The number of anilines is 1. The second kappa shape index (κ2) is 7.84. The van der Waals surface area contributed by atoms with Crippen molar-refractivity contribution in [2.45, 2.75) is 70.9 Å². The van der Waals surface area contributed by atoms with E-state index in [1.165, 1.54) is 0 Å². The molecule has 8 nitrogen and oxygen atoms in total. The van der Waals surface area contributed by atoms with Crippen LogP contribution in [0.1, 0.15) is 64.6 Å². The minimum Gasteiger partial charge on any atom is -0.441 e. The van der Waals surface area contributed by atoms with Crippen LogP contribution in [-0.4, -0.2) is 32.9 Å². The number of carbonyl (C=O) groups is 1. The van der Waals surface area contributed by atoms with Crippen molar-refractivity contribution in [2.24, 2.45) is 5.41 Å². The summed E-state index contributed by atoms with van der Waals surface area (Å²) in [4.78, 5) is 19.1. The van der Waals surface area contributed by atoms with Gasteiger partial charge in [-0.25, -0.2) is 14.7 Å². The van der Waals surface area contributed by atoms with E-state index in [-0.39, 0.29) is 10.8 Å². The van der Waals surface area contributed by atoms with Gasteiger partial charge in [0, 0.05) is 12.0 Å². The summed E-state index contributed by atoms with van der Waals surface area (Å²) in [5.74, 6) is 0.406. The molecule has 1 saturated carbocycles. The van der Waals surface area contributed by atoms with E-state index in [0.717, 1.165) is 49.0 Å². The van der Waals surface area contributed by atoms with E-state index >= 15 is 0 Å². The number of aromatic nitrogens is 3. The van der Waals surface area contributed by atoms with Gasteiger partial charge in [0.05, 0.1) is 35.5 Å². The molecule has 0 radical (unpaired) electrons. The van der Waals surface area contributed by atoms with Gasteiger partial charge in [-0.15, -0.1) is 0 Å². The van der Waals surface area contributed by atoms with E-state index in [0.29, 0.717) is 22.5 Å². The molecule has 2 aliphatic rings. The van der Waals surface area contributed by atoms with Crippen molar-refractivity contribution in [3.05, 3.63) is 40.3 Å². The highest BCUT2D eigenvalue weighted by atomic mass is 79.9. The smallest absolute Gasteiger partial charge is 0.417 e. The van der Waals surface area contributed by atoms with Gasteiger partial charge in [0.15, 0.2) is 0 Å². The minimum absolute atomic E-state index is 0.0972. The molecule has 2 aromatic heterocycles. The summed E-state index contributed by atoms with van der Waals surface area (Å²) in [6.07, 6.45) is 4.96. The summed E-state index contributed by atoms with van der Waals surface area (Å²) in [5.41, 5.74) is 2.32. The van der Waals surface area contributed by atoms with Crippen LogP contribution in [0, 0.1) is 16.7 Å². The van der Waals surface area contributed by atoms with Crippen LogP contribution in [0.15, 0.2) is 33.5 Å². The van der Waals surface area contributed by atoms with Gasteiger partial charge < -0.3 is 13.8 Å². The molecule has 3 aromatic rings. The molecule has 5 rings (SSSR count). The van der Waals surface area contributed by atoms with Crippen LogP contribution in [0.4, 0.5) is 10.7 Å². The highest BCUT2D eigenvalue weighted by Crippen LogP contribution is 2.49. The first kappa shape index (κ1) is 22.9. The lowest BCUT2D eigenvalue weighted by Gasteiger charge is -2.43. The maximum absolute atomic E-state index is 13.0. The topological polar surface area (TPSA) is 97.2 Å². The average Bonchev–Trinajstić information content (AvgIpc) is 3.42. The van der Waals surface area contributed by atoms with Crippen LogP contribution >= 0.6 is 15.9 Å². The third-order valence-corrected chi connectivity index (χ3v) is 7.72. The van der Waals surface area contributed by atoms with Gasteiger partial charge in [0.25, 0.3) is 5.88 Å². The molecule has 2 atom stereocenters. The quantitative estimate of drug-likeness (QED) is 0.420. The molecular weight excluding hydrogens is 498 g/mol. The predicted molar refractivity (Wildman–Crippen MR) is 130 cm³/mol. The zero-order chi connectivity index (χ0) is 24.3. The van der Waals surface area contributed by atoms with Gasteiger partial charge >= 0.3 is 6.09 Å². The average molecular weight is 526 g/mol. The summed E-state index contributed by atoms with van der Waals surface area (Å²) < 4.78 is 14.5. The van der Waals surface area contributed by atoms with Gasteiger partial charge in [-0.2, -0.15) is 5.26 Å². The number of amides is 1. The Bertz CT molecular complexity index is 1320. The van der Waals surface area contributed by atoms with Crippen molar-refractivity contribution in [3.8, 4) is 6.07 Å². The summed E-state index contributed by atoms with van der Waals surface area (Å²) in [7, 11) is 0. The normalized spacial score (nSPS) is 25.2. The molecule has 1 amide bonds. The molecule has 34 heavy (non-hydrogen) atoms. The van der Waals surface area contributed by atoms with Crippen molar-refractivity contribution < 1.29 is 14.1 Å². The summed E-state index contributed by atoms with van der Waals surface area (Å²) >= 11 is 3.60. The van der Waals surface area contributed by atoms with Crippen LogP contribution in [0.2, 0.25) is 0 Å². The third kappa shape index (κ3) is 3.88. The maximum atomic E-state index is 13.0. The number of benzene rings is 1. The molecule has 2 fully saturated rings. The van der Waals surface area contributed by atoms with Gasteiger partial charge in [-0.1, -0.05) is 32.9 Å². The molecule has 9 heteroatoms. The molecule has 3 heterocycles. The lowest BCUT2D eigenvalue weighted by molar-refractivity contribution is -0.0264. The fourth-order valence-corrected chi connectivity index (χ4v) is 6.45. The molecule has 1 aliphatic heterocycles. The lowest BCUT2D eigenvalue weighted by Crippen LogP contribution is -2.45. The standard InChI is InChI=1S/C25H28BrN5O3/c1-23(2,3)20-19(26)21(34-29-20)31-14-25(33-22(31)32)9-5-8-24(4,12-25)13-30-15-28-17-7-6-16(11-27)10-18(17)30/h6-7,10,15H,5,8-9,12-14H2,1-4H3/t24-,25-/m0/s1. The van der Waals surface area contributed by atoms with Gasteiger partial charge in [-0.3, -0.25) is 0 Å². The number of halogens is 1. The summed E-state index contributed by atoms with van der Waals surface area (Å²) in [6, 6.07) is 7.76. The minimum atomic E-state index is -0.577. The van der Waals surface area contributed by atoms with Crippen molar-refractivity contribution in [2.75, 3.05) is 11.4 Å². The van der Waals surface area contributed by atoms with Crippen LogP contribution < -0.4 is 4.90 Å². The van der Waals surface area contributed by atoms with E-state index in [2.05, 4.69) is 64.4 Å². The summed E-state index contributed by atoms with van der Waals surface area (Å²) in [6.45, 7) is 9.56. The Morgan fingerprint density at radius 3 is 2.79 bits per heavy atom. The van der Waals surface area contributed by atoms with Crippen LogP contribution in [0.5, 0.6) is 0 Å². The van der Waals surface area contributed by atoms with E-state index < -0.39 is 11.7 Å². The number of imidazole rings is 1. The lowest BCUT2D eigenvalue weighted by atomic mass is 9.68. The molecule has 1 aliphatic carbocycles. The van der Waals surface area contributed by atoms with Crippen molar-refractivity contribution >= 4 is 38.9 Å². The van der Waals surface area contributed by atoms with Crippen molar-refractivity contribution in [1.29, 1.82) is 5.26 Å². The van der Waals surface area contributed by atoms with Crippen molar-refractivity contribution in [3.63, 3.8) is 0 Å². The monoisotopic (exact) mass is 525 g/mol. The largest absolute Gasteiger partial charge is 0.441 e. The van der Waals surface area contributed by atoms with Crippen LogP contribution in [-0.2, 0) is 16.7 Å². The molecule has 0 N–H and O–H groups in total. The number of ether oxygens (including phenoxy) is 1. The Labute approximate surface area is 207 Å². The molecule has 0 unspecified atom stereocenters. The molecule has 178 valence electrons. The number of fused-ring (bicyclic) bond motifs is 1. The fraction of sp³-hybridized carbons (Fsp3) is 0.520. The van der Waals surface area contributed by atoms with Gasteiger partial charge in [-0.05, 0) is 65.2 Å². The number of nitrogens with zero attached hydrogens (tertiary/aromatic N) is 5. The Morgan fingerprint density at radius 1 is 1.29 bits per heavy atom. The van der Waals surface area contributed by atoms with E-state index in [4.69, 9.17) is 9.26 Å². The van der Waals surface area contributed by atoms with Crippen LogP contribution in [0.3, 0.4) is 0 Å². The first-order valence-corrected chi connectivity index (χ1v) is 12.3. The zero-order valence-electron chi connectivity index (χ0n) is 19.9. The summed E-state index contributed by atoms with van der Waals surface area (Å²) in [5, 5.41) is 13.5. The second-order valence-corrected chi connectivity index (χ2v) is 11.9. The molecule has 1 spiro atoms. The number of carbonyl (C=O) groups excluding carboxylic acids is 1. The molecule has 1 aromatic carbocycles. The zero-order valence-corrected chi connectivity index (χ0v) is 21.5. The fourth-order valence-electron chi connectivity index (χ4n) is 5.50. The Morgan fingerprint density at radius 2 is 2.09 bits per heavy atom. The number of hydrogen-bond donors (Lipinski definition) is 0. The predicted octanol–water partition coefficient (Wildman–Crippen LogP) is 5.93. The number of hydrogen-bond acceptors (Lipinski definition) is 6. The molecular formula is C25H28BrN5O3. The van der Waals surface area contributed by atoms with Crippen molar-refractivity contribution in [1.82, 2.24) is 14.7 Å². The van der Waals surface area contributed by atoms with E-state index in [9.17, 15) is 10.1 Å². The Kier molecular flexibility index (Phi) is 5.28. The molecule has 0 bridgehead atoms. The van der Waals surface area contributed by atoms with Gasteiger partial charge in [0.1, 0.15) is 15.8 Å². The highest BCUT2D eigenvalue weighted by molar-refractivity contribution is 9.10. The Hall–Kier alpha value is -2.86. The van der Waals surface area contributed by atoms with E-state index in [1.807, 2.05) is 18.5 Å². The first-order valence-electron chi connectivity index (χ1n) is 11.5. The highest BCUT2D eigenvalue weighted by Gasteiger charge is 2.53. The number of rotatable bonds is 3. The Balaban J connectivity index is 1.40. The third-order valence-electron chi connectivity index (χ3n) is 7.01. The first-order chi connectivity index (χ1) is 16.0. The second-order valence-electron chi connectivity index (χ2n) is 11.1. The SMILES string of the molecule is CC(C)(C)c1noc(N2C[C@@]3(CCC[C@](C)(Cn4cnc5ccc(C#N)cc54)C3)OC2=O)c1Br. The van der Waals surface area contributed by atoms with E-state index in [1.54, 1.807) is 11.0 Å². The molecule has 1 saturated heterocycles. The number of nitriles is 1. The van der Waals surface area contributed by atoms with Gasteiger partial charge in [0.2, 0.25) is 0 Å². The van der Waals surface area contributed by atoms with Crippen LogP contribution in [0.25, 0.3) is 11.0 Å².